The van der Waals surface area contributed by atoms with Gasteiger partial charge in [-0.05, 0) is 11.7 Å². The van der Waals surface area contributed by atoms with E-state index in [0.717, 1.165) is 24.4 Å². The largest absolute Gasteiger partial charge is 0.271 e. The van der Waals surface area contributed by atoms with Crippen molar-refractivity contribution in [3.05, 3.63) is 11.9 Å². The highest BCUT2D eigenvalue weighted by Gasteiger charge is 2.15. The van der Waals surface area contributed by atoms with Crippen LogP contribution in [0.2, 0.25) is 0 Å². The molecule has 0 saturated heterocycles. The van der Waals surface area contributed by atoms with Gasteiger partial charge in [-0.3, -0.25) is 11.3 Å². The van der Waals surface area contributed by atoms with Crippen LogP contribution in [0.1, 0.15) is 38.9 Å². The van der Waals surface area contributed by atoms with Crippen LogP contribution >= 0.6 is 11.8 Å². The first kappa shape index (κ1) is 13.5. The van der Waals surface area contributed by atoms with Crippen LogP contribution in [0.15, 0.2) is 6.20 Å². The van der Waals surface area contributed by atoms with Crippen LogP contribution < -0.4 is 11.3 Å². The summed E-state index contributed by atoms with van der Waals surface area (Å²) in [4.78, 5) is 0. The molecule has 1 unspecified atom stereocenters. The summed E-state index contributed by atoms with van der Waals surface area (Å²) in [6, 6.07) is 0.119. The lowest BCUT2D eigenvalue weighted by atomic mass is 10.2. The maximum Gasteiger partial charge on any atom is 0.0778 e. The third-order valence-electron chi connectivity index (χ3n) is 2.24. The first-order chi connectivity index (χ1) is 7.69. The van der Waals surface area contributed by atoms with Crippen molar-refractivity contribution in [1.29, 1.82) is 0 Å². The average Bonchev–Trinajstić information content (AvgIpc) is 2.68. The van der Waals surface area contributed by atoms with E-state index < -0.39 is 0 Å². The molecule has 92 valence electrons. The van der Waals surface area contributed by atoms with Crippen LogP contribution in [0, 0.1) is 0 Å². The van der Waals surface area contributed by atoms with Crippen LogP contribution in [0.5, 0.6) is 0 Å². The number of thioether (sulfide) groups is 1. The van der Waals surface area contributed by atoms with Crippen LogP contribution in [0.3, 0.4) is 0 Å². The Morgan fingerprint density at radius 1 is 1.56 bits per heavy atom. The second-order valence-electron chi connectivity index (χ2n) is 3.98. The number of aryl methyl sites for hydroxylation is 1. The summed E-state index contributed by atoms with van der Waals surface area (Å²) in [5.41, 5.74) is 3.90. The predicted octanol–water partition coefficient (Wildman–Crippen LogP) is 1.33. The van der Waals surface area contributed by atoms with Gasteiger partial charge in [-0.15, -0.1) is 5.10 Å². The molecular weight excluding hydrogens is 222 g/mol. The van der Waals surface area contributed by atoms with Crippen molar-refractivity contribution < 1.29 is 0 Å². The van der Waals surface area contributed by atoms with E-state index in [1.165, 1.54) is 0 Å². The molecular formula is C10H21N5S. The standard InChI is InChI=1S/C10H21N5S/c1-4-5-15-10(6-12-14-15)9(13-11)7-16-8(2)3/h6,8-9,13H,4-5,7,11H2,1-3H3. The molecule has 1 atom stereocenters. The summed E-state index contributed by atoms with van der Waals surface area (Å²) in [5, 5.41) is 8.61. The van der Waals surface area contributed by atoms with E-state index in [1.54, 1.807) is 6.20 Å². The Morgan fingerprint density at radius 2 is 2.31 bits per heavy atom. The molecule has 0 aliphatic heterocycles. The van der Waals surface area contributed by atoms with Crippen molar-refractivity contribution in [2.45, 2.75) is 45.0 Å². The molecule has 0 saturated carbocycles. The van der Waals surface area contributed by atoms with E-state index in [1.807, 2.05) is 16.4 Å². The lowest BCUT2D eigenvalue weighted by Gasteiger charge is -2.17. The normalized spacial score (nSPS) is 13.3. The highest BCUT2D eigenvalue weighted by atomic mass is 32.2. The predicted molar refractivity (Wildman–Crippen MR) is 68.0 cm³/mol. The molecule has 0 radical (unpaired) electrons. The molecule has 0 amide bonds. The molecule has 1 heterocycles. The SMILES string of the molecule is CCCn1nncc1C(CSC(C)C)NN. The number of aromatic nitrogens is 3. The van der Waals surface area contributed by atoms with E-state index in [0.29, 0.717) is 5.25 Å². The van der Waals surface area contributed by atoms with Gasteiger partial charge in [0.25, 0.3) is 0 Å². The van der Waals surface area contributed by atoms with Crippen molar-refractivity contribution in [1.82, 2.24) is 20.4 Å². The monoisotopic (exact) mass is 243 g/mol. The first-order valence-electron chi connectivity index (χ1n) is 5.65. The summed E-state index contributed by atoms with van der Waals surface area (Å²) < 4.78 is 1.92. The van der Waals surface area contributed by atoms with Crippen LogP contribution in [-0.2, 0) is 6.54 Å². The van der Waals surface area contributed by atoms with Crippen molar-refractivity contribution in [2.75, 3.05) is 5.75 Å². The van der Waals surface area contributed by atoms with Crippen LogP contribution in [0.4, 0.5) is 0 Å². The maximum atomic E-state index is 5.58. The lowest BCUT2D eigenvalue weighted by Crippen LogP contribution is -2.32. The van der Waals surface area contributed by atoms with Crippen molar-refractivity contribution in [3.63, 3.8) is 0 Å². The molecule has 3 N–H and O–H groups in total. The molecule has 1 rings (SSSR count). The van der Waals surface area contributed by atoms with E-state index in [9.17, 15) is 0 Å². The smallest absolute Gasteiger partial charge is 0.0778 e. The molecule has 16 heavy (non-hydrogen) atoms. The van der Waals surface area contributed by atoms with Crippen LogP contribution in [-0.4, -0.2) is 26.0 Å². The molecule has 6 heteroatoms. The van der Waals surface area contributed by atoms with Gasteiger partial charge < -0.3 is 0 Å². The van der Waals surface area contributed by atoms with Gasteiger partial charge in [-0.1, -0.05) is 26.0 Å². The fourth-order valence-corrected chi connectivity index (χ4v) is 2.27. The fourth-order valence-electron chi connectivity index (χ4n) is 1.43. The topological polar surface area (TPSA) is 68.8 Å². The van der Waals surface area contributed by atoms with E-state index >= 15 is 0 Å². The second-order valence-corrected chi connectivity index (χ2v) is 5.59. The Hall–Kier alpha value is -0.590. The van der Waals surface area contributed by atoms with Crippen molar-refractivity contribution in [2.24, 2.45) is 5.84 Å². The van der Waals surface area contributed by atoms with Gasteiger partial charge in [0.1, 0.15) is 0 Å². The van der Waals surface area contributed by atoms with Crippen molar-refractivity contribution in [3.8, 4) is 0 Å². The lowest BCUT2D eigenvalue weighted by molar-refractivity contribution is 0.501. The molecule has 0 aliphatic rings. The summed E-state index contributed by atoms with van der Waals surface area (Å²) in [7, 11) is 0. The average molecular weight is 243 g/mol. The zero-order chi connectivity index (χ0) is 12.0. The van der Waals surface area contributed by atoms with E-state index in [4.69, 9.17) is 5.84 Å². The summed E-state index contributed by atoms with van der Waals surface area (Å²) in [6.45, 7) is 7.37. The van der Waals surface area contributed by atoms with Gasteiger partial charge in [0.15, 0.2) is 0 Å². The van der Waals surface area contributed by atoms with Crippen molar-refractivity contribution >= 4 is 11.8 Å². The van der Waals surface area contributed by atoms with Gasteiger partial charge in [0.2, 0.25) is 0 Å². The Bertz CT molecular complexity index is 299. The Morgan fingerprint density at radius 3 is 2.88 bits per heavy atom. The van der Waals surface area contributed by atoms with E-state index in [-0.39, 0.29) is 6.04 Å². The minimum absolute atomic E-state index is 0.119. The minimum atomic E-state index is 0.119. The number of hydrazine groups is 1. The zero-order valence-electron chi connectivity index (χ0n) is 10.2. The van der Waals surface area contributed by atoms with Gasteiger partial charge in [-0.2, -0.15) is 11.8 Å². The summed E-state index contributed by atoms with van der Waals surface area (Å²) >= 11 is 1.88. The Labute approximate surface area is 101 Å². The van der Waals surface area contributed by atoms with Gasteiger partial charge in [0, 0.05) is 12.3 Å². The number of rotatable bonds is 7. The number of nitrogens with zero attached hydrogens (tertiary/aromatic N) is 3. The second kappa shape index (κ2) is 6.88. The number of hydrogen-bond donors (Lipinski definition) is 2. The molecule has 5 nitrogen and oxygen atoms in total. The first-order valence-corrected chi connectivity index (χ1v) is 6.70. The van der Waals surface area contributed by atoms with Gasteiger partial charge >= 0.3 is 0 Å². The Balaban J connectivity index is 2.66. The number of nitrogens with two attached hydrogens (primary N) is 1. The highest BCUT2D eigenvalue weighted by Crippen LogP contribution is 2.19. The molecule has 1 aromatic rings. The van der Waals surface area contributed by atoms with Gasteiger partial charge in [-0.25, -0.2) is 4.68 Å². The molecule has 0 aromatic carbocycles. The fraction of sp³-hybridized carbons (Fsp3) is 0.800. The zero-order valence-corrected chi connectivity index (χ0v) is 11.0. The molecule has 0 spiro atoms. The quantitative estimate of drug-likeness (QED) is 0.558. The highest BCUT2D eigenvalue weighted by molar-refractivity contribution is 7.99. The third-order valence-corrected chi connectivity index (χ3v) is 3.43. The van der Waals surface area contributed by atoms with Gasteiger partial charge in [0.05, 0.1) is 17.9 Å². The Kier molecular flexibility index (Phi) is 5.79. The minimum Gasteiger partial charge on any atom is -0.271 e. The summed E-state index contributed by atoms with van der Waals surface area (Å²) in [5.74, 6) is 6.52. The van der Waals surface area contributed by atoms with E-state index in [2.05, 4.69) is 36.5 Å². The van der Waals surface area contributed by atoms with Crippen LogP contribution in [0.25, 0.3) is 0 Å². The number of nitrogens with one attached hydrogen (secondary N) is 1. The maximum absolute atomic E-state index is 5.58. The molecule has 0 fully saturated rings. The molecule has 0 bridgehead atoms. The molecule has 1 aromatic heterocycles. The summed E-state index contributed by atoms with van der Waals surface area (Å²) in [6.07, 6.45) is 2.84. The number of hydrogen-bond acceptors (Lipinski definition) is 5. The third kappa shape index (κ3) is 3.77. The molecule has 0 aliphatic carbocycles.